The van der Waals surface area contributed by atoms with Crippen molar-refractivity contribution < 1.29 is 14.6 Å². The molecule has 1 aromatic rings. The molecule has 0 fully saturated rings. The van der Waals surface area contributed by atoms with Crippen molar-refractivity contribution >= 4 is 5.91 Å². The molecule has 112 valence electrons. The van der Waals surface area contributed by atoms with E-state index in [0.29, 0.717) is 12.3 Å². The van der Waals surface area contributed by atoms with Crippen LogP contribution in [0.15, 0.2) is 18.2 Å². The lowest BCUT2D eigenvalue weighted by atomic mass is 9.86. The number of hydrogen-bond acceptors (Lipinski definition) is 4. The average molecular weight is 280 g/mol. The normalized spacial score (nSPS) is 12.9. The second-order valence-corrected chi connectivity index (χ2v) is 6.04. The SMILES string of the molecule is COc1cc(CN(C)C(=O)[C@H](N)C(C)(C)C)ccc1O. The Labute approximate surface area is 120 Å². The fourth-order valence-electron chi connectivity index (χ4n) is 1.78. The minimum atomic E-state index is -0.550. The van der Waals surface area contributed by atoms with Gasteiger partial charge in [0.1, 0.15) is 0 Å². The average Bonchev–Trinajstić information content (AvgIpc) is 2.38. The lowest BCUT2D eigenvalue weighted by Gasteiger charge is -2.30. The number of phenols is 1. The second kappa shape index (κ2) is 6.13. The first-order chi connectivity index (χ1) is 9.16. The van der Waals surface area contributed by atoms with Gasteiger partial charge in [-0.05, 0) is 23.1 Å². The number of hydrogen-bond donors (Lipinski definition) is 2. The van der Waals surface area contributed by atoms with Crippen LogP contribution >= 0.6 is 0 Å². The third-order valence-electron chi connectivity index (χ3n) is 3.24. The first-order valence-electron chi connectivity index (χ1n) is 6.53. The number of rotatable bonds is 4. The van der Waals surface area contributed by atoms with Gasteiger partial charge in [-0.2, -0.15) is 0 Å². The van der Waals surface area contributed by atoms with Gasteiger partial charge in [-0.3, -0.25) is 4.79 Å². The number of carbonyl (C=O) groups is 1. The molecule has 20 heavy (non-hydrogen) atoms. The van der Waals surface area contributed by atoms with Crippen molar-refractivity contribution in [1.82, 2.24) is 4.90 Å². The third-order valence-corrected chi connectivity index (χ3v) is 3.24. The van der Waals surface area contributed by atoms with Crippen LogP contribution in [-0.4, -0.2) is 36.1 Å². The summed E-state index contributed by atoms with van der Waals surface area (Å²) < 4.78 is 5.05. The Morgan fingerprint density at radius 1 is 1.45 bits per heavy atom. The summed E-state index contributed by atoms with van der Waals surface area (Å²) in [4.78, 5) is 13.8. The fourth-order valence-corrected chi connectivity index (χ4v) is 1.78. The molecule has 3 N–H and O–H groups in total. The fraction of sp³-hybridized carbons (Fsp3) is 0.533. The zero-order chi connectivity index (χ0) is 15.5. The number of methoxy groups -OCH3 is 1. The van der Waals surface area contributed by atoms with Gasteiger partial charge in [0.25, 0.3) is 0 Å². The highest BCUT2D eigenvalue weighted by Gasteiger charge is 2.29. The van der Waals surface area contributed by atoms with Crippen molar-refractivity contribution in [2.24, 2.45) is 11.1 Å². The minimum Gasteiger partial charge on any atom is -0.504 e. The van der Waals surface area contributed by atoms with Crippen LogP contribution in [0.2, 0.25) is 0 Å². The molecule has 1 rings (SSSR count). The highest BCUT2D eigenvalue weighted by atomic mass is 16.5. The van der Waals surface area contributed by atoms with Gasteiger partial charge in [-0.25, -0.2) is 0 Å². The number of likely N-dealkylation sites (N-methyl/N-ethyl adjacent to an activating group) is 1. The molecule has 5 heteroatoms. The maximum Gasteiger partial charge on any atom is 0.240 e. The van der Waals surface area contributed by atoms with Crippen LogP contribution in [-0.2, 0) is 11.3 Å². The van der Waals surface area contributed by atoms with Gasteiger partial charge in [0.15, 0.2) is 11.5 Å². The van der Waals surface area contributed by atoms with Gasteiger partial charge >= 0.3 is 0 Å². The van der Waals surface area contributed by atoms with Crippen molar-refractivity contribution in [3.05, 3.63) is 23.8 Å². The molecule has 1 atom stereocenters. The molecule has 0 aliphatic heterocycles. The summed E-state index contributed by atoms with van der Waals surface area (Å²) in [5, 5.41) is 9.55. The molecular weight excluding hydrogens is 256 g/mol. The molecule has 0 spiro atoms. The maximum absolute atomic E-state index is 12.2. The summed E-state index contributed by atoms with van der Waals surface area (Å²) in [6.45, 7) is 6.23. The van der Waals surface area contributed by atoms with Gasteiger partial charge < -0.3 is 20.5 Å². The zero-order valence-corrected chi connectivity index (χ0v) is 12.8. The van der Waals surface area contributed by atoms with E-state index in [9.17, 15) is 9.90 Å². The Bertz CT molecular complexity index is 480. The van der Waals surface area contributed by atoms with Gasteiger partial charge in [-0.1, -0.05) is 26.8 Å². The predicted molar refractivity (Wildman–Crippen MR) is 78.6 cm³/mol. The molecule has 0 aliphatic rings. The first kappa shape index (κ1) is 16.3. The van der Waals surface area contributed by atoms with E-state index >= 15 is 0 Å². The van der Waals surface area contributed by atoms with Crippen LogP contribution in [0.3, 0.4) is 0 Å². The van der Waals surface area contributed by atoms with Crippen molar-refractivity contribution in [1.29, 1.82) is 0 Å². The number of phenolic OH excluding ortho intramolecular Hbond substituents is 1. The number of benzene rings is 1. The van der Waals surface area contributed by atoms with Gasteiger partial charge in [0.05, 0.1) is 13.2 Å². The molecule has 0 heterocycles. The zero-order valence-electron chi connectivity index (χ0n) is 12.8. The van der Waals surface area contributed by atoms with E-state index in [4.69, 9.17) is 10.5 Å². The largest absolute Gasteiger partial charge is 0.504 e. The topological polar surface area (TPSA) is 75.8 Å². The quantitative estimate of drug-likeness (QED) is 0.880. The molecule has 5 nitrogen and oxygen atoms in total. The highest BCUT2D eigenvalue weighted by Crippen LogP contribution is 2.27. The highest BCUT2D eigenvalue weighted by molar-refractivity contribution is 5.82. The first-order valence-corrected chi connectivity index (χ1v) is 6.53. The number of amides is 1. The number of carbonyl (C=O) groups excluding carboxylic acids is 1. The van der Waals surface area contributed by atoms with Crippen LogP contribution in [0.5, 0.6) is 11.5 Å². The van der Waals surface area contributed by atoms with Crippen LogP contribution in [0.25, 0.3) is 0 Å². The minimum absolute atomic E-state index is 0.0802. The number of ether oxygens (including phenoxy) is 1. The number of nitrogens with zero attached hydrogens (tertiary/aromatic N) is 1. The Morgan fingerprint density at radius 2 is 2.05 bits per heavy atom. The summed E-state index contributed by atoms with van der Waals surface area (Å²) in [6, 6.07) is 4.47. The molecule has 0 radical (unpaired) electrons. The summed E-state index contributed by atoms with van der Waals surface area (Å²) in [5.41, 5.74) is 6.57. The summed E-state index contributed by atoms with van der Waals surface area (Å²) in [7, 11) is 3.20. The molecular formula is C15H24N2O3. The smallest absolute Gasteiger partial charge is 0.240 e. The molecule has 0 saturated heterocycles. The summed E-state index contributed by atoms with van der Waals surface area (Å²) >= 11 is 0. The molecule has 0 unspecified atom stereocenters. The van der Waals surface area contributed by atoms with E-state index in [-0.39, 0.29) is 17.1 Å². The summed E-state index contributed by atoms with van der Waals surface area (Å²) in [6.07, 6.45) is 0. The molecule has 1 aromatic carbocycles. The van der Waals surface area contributed by atoms with Crippen molar-refractivity contribution in [3.63, 3.8) is 0 Å². The van der Waals surface area contributed by atoms with E-state index in [2.05, 4.69) is 0 Å². The van der Waals surface area contributed by atoms with E-state index in [1.807, 2.05) is 20.8 Å². The molecule has 1 amide bonds. The van der Waals surface area contributed by atoms with E-state index < -0.39 is 6.04 Å². The number of aromatic hydroxyl groups is 1. The van der Waals surface area contributed by atoms with E-state index in [1.165, 1.54) is 7.11 Å². The monoisotopic (exact) mass is 280 g/mol. The third kappa shape index (κ3) is 3.87. The van der Waals surface area contributed by atoms with Crippen LogP contribution < -0.4 is 10.5 Å². The van der Waals surface area contributed by atoms with Gasteiger partial charge in [0.2, 0.25) is 5.91 Å². The van der Waals surface area contributed by atoms with Crippen molar-refractivity contribution in [2.45, 2.75) is 33.4 Å². The Morgan fingerprint density at radius 3 is 2.55 bits per heavy atom. The lowest BCUT2D eigenvalue weighted by Crippen LogP contribution is -2.48. The second-order valence-electron chi connectivity index (χ2n) is 6.04. The Kier molecular flexibility index (Phi) is 5.00. The van der Waals surface area contributed by atoms with Gasteiger partial charge in [-0.15, -0.1) is 0 Å². The van der Waals surface area contributed by atoms with E-state index in [0.717, 1.165) is 5.56 Å². The van der Waals surface area contributed by atoms with E-state index in [1.54, 1.807) is 30.1 Å². The Hall–Kier alpha value is -1.75. The number of nitrogens with two attached hydrogens (primary N) is 1. The van der Waals surface area contributed by atoms with Crippen molar-refractivity contribution in [2.75, 3.05) is 14.2 Å². The molecule has 0 aromatic heterocycles. The van der Waals surface area contributed by atoms with Gasteiger partial charge in [0, 0.05) is 13.6 Å². The van der Waals surface area contributed by atoms with Crippen LogP contribution in [0.1, 0.15) is 26.3 Å². The molecule has 0 saturated carbocycles. The lowest BCUT2D eigenvalue weighted by molar-refractivity contribution is -0.134. The molecule has 0 aliphatic carbocycles. The van der Waals surface area contributed by atoms with Crippen LogP contribution in [0, 0.1) is 5.41 Å². The van der Waals surface area contributed by atoms with Crippen molar-refractivity contribution in [3.8, 4) is 11.5 Å². The predicted octanol–water partition coefficient (Wildman–Crippen LogP) is 1.73. The standard InChI is InChI=1S/C15H24N2O3/c1-15(2,3)13(16)14(19)17(4)9-10-6-7-11(18)12(8-10)20-5/h6-8,13,18H,9,16H2,1-5H3/t13-/m0/s1. The Balaban J connectivity index is 2.80. The maximum atomic E-state index is 12.2. The summed E-state index contributed by atoms with van der Waals surface area (Å²) in [5.74, 6) is 0.365. The molecule has 0 bridgehead atoms. The van der Waals surface area contributed by atoms with Crippen LogP contribution in [0.4, 0.5) is 0 Å².